The molecule has 0 aliphatic heterocycles. The lowest BCUT2D eigenvalue weighted by Gasteiger charge is -2.15. The highest BCUT2D eigenvalue weighted by molar-refractivity contribution is 5.78. The molecule has 0 aliphatic carbocycles. The first-order valence-corrected chi connectivity index (χ1v) is 6.52. The maximum atomic E-state index is 12.4. The standard InChI is InChI=1S/C14H20F2N2O3/c1-9(7-17-2)13(19)18-8-10-6-11(20-3)4-5-12(10)21-14(15)16/h4-6,9,14,17H,7-8H2,1-3H3,(H,18,19). The number of nitrogens with one attached hydrogen (secondary N) is 2. The minimum atomic E-state index is -2.92. The van der Waals surface area contributed by atoms with E-state index in [1.165, 1.54) is 19.2 Å². The number of carbonyl (C=O) groups is 1. The van der Waals surface area contributed by atoms with Crippen LogP contribution in [-0.4, -0.2) is 33.2 Å². The van der Waals surface area contributed by atoms with Crippen LogP contribution in [0.15, 0.2) is 18.2 Å². The number of ether oxygens (including phenoxy) is 2. The average molecular weight is 302 g/mol. The van der Waals surface area contributed by atoms with Crippen LogP contribution in [0.5, 0.6) is 11.5 Å². The summed E-state index contributed by atoms with van der Waals surface area (Å²) >= 11 is 0. The van der Waals surface area contributed by atoms with Gasteiger partial charge in [0.2, 0.25) is 5.91 Å². The van der Waals surface area contributed by atoms with E-state index in [0.29, 0.717) is 17.9 Å². The Morgan fingerprint density at radius 2 is 2.10 bits per heavy atom. The number of alkyl halides is 2. The minimum Gasteiger partial charge on any atom is -0.497 e. The van der Waals surface area contributed by atoms with Gasteiger partial charge in [-0.1, -0.05) is 6.92 Å². The van der Waals surface area contributed by atoms with Gasteiger partial charge in [0.15, 0.2) is 0 Å². The molecule has 0 spiro atoms. The summed E-state index contributed by atoms with van der Waals surface area (Å²) in [6.45, 7) is -0.527. The fraction of sp³-hybridized carbons (Fsp3) is 0.500. The van der Waals surface area contributed by atoms with Crippen LogP contribution in [-0.2, 0) is 11.3 Å². The fourth-order valence-electron chi connectivity index (χ4n) is 1.79. The number of rotatable bonds is 8. The Morgan fingerprint density at radius 3 is 2.67 bits per heavy atom. The van der Waals surface area contributed by atoms with Gasteiger partial charge in [-0.3, -0.25) is 4.79 Å². The lowest BCUT2D eigenvalue weighted by Crippen LogP contribution is -2.34. The molecule has 0 aliphatic rings. The molecule has 0 radical (unpaired) electrons. The predicted octanol–water partition coefficient (Wildman–Crippen LogP) is 1.77. The summed E-state index contributed by atoms with van der Waals surface area (Å²) in [7, 11) is 3.22. The van der Waals surface area contributed by atoms with Crippen molar-refractivity contribution in [2.24, 2.45) is 5.92 Å². The van der Waals surface area contributed by atoms with Crippen LogP contribution >= 0.6 is 0 Å². The van der Waals surface area contributed by atoms with Crippen molar-refractivity contribution < 1.29 is 23.0 Å². The van der Waals surface area contributed by atoms with E-state index in [-0.39, 0.29) is 24.1 Å². The van der Waals surface area contributed by atoms with Gasteiger partial charge in [-0.2, -0.15) is 8.78 Å². The van der Waals surface area contributed by atoms with E-state index in [1.54, 1.807) is 20.0 Å². The second-order valence-electron chi connectivity index (χ2n) is 4.53. The maximum Gasteiger partial charge on any atom is 0.387 e. The van der Waals surface area contributed by atoms with Crippen molar-refractivity contribution in [1.82, 2.24) is 10.6 Å². The zero-order valence-corrected chi connectivity index (χ0v) is 12.3. The van der Waals surface area contributed by atoms with Crippen molar-refractivity contribution in [1.29, 1.82) is 0 Å². The van der Waals surface area contributed by atoms with Crippen molar-refractivity contribution in [3.63, 3.8) is 0 Å². The highest BCUT2D eigenvalue weighted by Gasteiger charge is 2.14. The summed E-state index contributed by atoms with van der Waals surface area (Å²) < 4.78 is 34.2. The molecule has 1 aromatic rings. The van der Waals surface area contributed by atoms with Gasteiger partial charge < -0.3 is 20.1 Å². The van der Waals surface area contributed by atoms with E-state index in [0.717, 1.165) is 0 Å². The molecule has 1 rings (SSSR count). The molecule has 0 bridgehead atoms. The number of halogens is 2. The van der Waals surface area contributed by atoms with Crippen LogP contribution in [0.2, 0.25) is 0 Å². The molecule has 1 atom stereocenters. The van der Waals surface area contributed by atoms with Crippen LogP contribution < -0.4 is 20.1 Å². The van der Waals surface area contributed by atoms with Gasteiger partial charge in [0.25, 0.3) is 0 Å². The third-order valence-electron chi connectivity index (χ3n) is 2.89. The van der Waals surface area contributed by atoms with Gasteiger partial charge in [-0.05, 0) is 25.2 Å². The monoisotopic (exact) mass is 302 g/mol. The summed E-state index contributed by atoms with van der Waals surface area (Å²) in [6.07, 6.45) is 0. The summed E-state index contributed by atoms with van der Waals surface area (Å²) in [6, 6.07) is 4.47. The molecule has 1 unspecified atom stereocenters. The van der Waals surface area contributed by atoms with Gasteiger partial charge in [0, 0.05) is 24.6 Å². The first-order chi connectivity index (χ1) is 9.97. The van der Waals surface area contributed by atoms with Crippen LogP contribution in [0, 0.1) is 5.92 Å². The minimum absolute atomic E-state index is 0.0207. The van der Waals surface area contributed by atoms with Crippen LogP contribution in [0.25, 0.3) is 0 Å². The van der Waals surface area contributed by atoms with Crippen molar-refractivity contribution in [3.8, 4) is 11.5 Å². The van der Waals surface area contributed by atoms with Crippen LogP contribution in [0.3, 0.4) is 0 Å². The molecular weight excluding hydrogens is 282 g/mol. The van der Waals surface area contributed by atoms with Gasteiger partial charge in [-0.15, -0.1) is 0 Å². The Balaban J connectivity index is 2.77. The van der Waals surface area contributed by atoms with Crippen LogP contribution in [0.1, 0.15) is 12.5 Å². The Bertz CT molecular complexity index is 470. The molecule has 0 aromatic heterocycles. The molecule has 2 N–H and O–H groups in total. The molecular formula is C14H20F2N2O3. The first kappa shape index (κ1) is 17.2. The third kappa shape index (κ3) is 5.55. The van der Waals surface area contributed by atoms with Crippen molar-refractivity contribution >= 4 is 5.91 Å². The number of amides is 1. The van der Waals surface area contributed by atoms with E-state index in [4.69, 9.17) is 4.74 Å². The van der Waals surface area contributed by atoms with Crippen LogP contribution in [0.4, 0.5) is 8.78 Å². The Labute approximate surface area is 122 Å². The second kappa shape index (κ2) is 8.41. The van der Waals surface area contributed by atoms with Gasteiger partial charge in [0.1, 0.15) is 11.5 Å². The number of carbonyl (C=O) groups excluding carboxylic acids is 1. The molecule has 21 heavy (non-hydrogen) atoms. The topological polar surface area (TPSA) is 59.6 Å². The number of benzene rings is 1. The highest BCUT2D eigenvalue weighted by atomic mass is 19.3. The first-order valence-electron chi connectivity index (χ1n) is 6.52. The zero-order valence-electron chi connectivity index (χ0n) is 12.3. The Kier molecular flexibility index (Phi) is 6.87. The lowest BCUT2D eigenvalue weighted by molar-refractivity contribution is -0.124. The largest absolute Gasteiger partial charge is 0.497 e. The summed E-state index contributed by atoms with van der Waals surface area (Å²) in [5.74, 6) is 0.131. The number of methoxy groups -OCH3 is 1. The summed E-state index contributed by atoms with van der Waals surface area (Å²) in [5, 5.41) is 5.59. The van der Waals surface area contributed by atoms with E-state index in [1.807, 2.05) is 0 Å². The van der Waals surface area contributed by atoms with E-state index < -0.39 is 6.61 Å². The quantitative estimate of drug-likeness (QED) is 0.768. The molecule has 1 aromatic carbocycles. The zero-order chi connectivity index (χ0) is 15.8. The normalized spacial score (nSPS) is 12.1. The number of hydrogen-bond acceptors (Lipinski definition) is 4. The van der Waals surface area contributed by atoms with Gasteiger partial charge in [0.05, 0.1) is 7.11 Å². The molecule has 0 heterocycles. The van der Waals surface area contributed by atoms with Gasteiger partial charge >= 0.3 is 6.61 Å². The summed E-state index contributed by atoms with van der Waals surface area (Å²) in [4.78, 5) is 11.8. The molecule has 118 valence electrons. The van der Waals surface area contributed by atoms with E-state index in [9.17, 15) is 13.6 Å². The molecule has 5 nitrogen and oxygen atoms in total. The summed E-state index contributed by atoms with van der Waals surface area (Å²) in [5.41, 5.74) is 0.430. The molecule has 7 heteroatoms. The molecule has 0 saturated heterocycles. The second-order valence-corrected chi connectivity index (χ2v) is 4.53. The molecule has 0 fully saturated rings. The van der Waals surface area contributed by atoms with Crippen molar-refractivity contribution in [2.75, 3.05) is 20.7 Å². The van der Waals surface area contributed by atoms with Gasteiger partial charge in [-0.25, -0.2) is 0 Å². The smallest absolute Gasteiger partial charge is 0.387 e. The lowest BCUT2D eigenvalue weighted by atomic mass is 10.1. The van der Waals surface area contributed by atoms with Crippen molar-refractivity contribution in [2.45, 2.75) is 20.1 Å². The van der Waals surface area contributed by atoms with E-state index in [2.05, 4.69) is 15.4 Å². The SMILES string of the molecule is CNCC(C)C(=O)NCc1cc(OC)ccc1OC(F)F. The van der Waals surface area contributed by atoms with E-state index >= 15 is 0 Å². The third-order valence-corrected chi connectivity index (χ3v) is 2.89. The Hall–Kier alpha value is -1.89. The molecule has 0 saturated carbocycles. The molecule has 1 amide bonds. The average Bonchev–Trinajstić information content (AvgIpc) is 2.45. The highest BCUT2D eigenvalue weighted by Crippen LogP contribution is 2.25. The number of hydrogen-bond donors (Lipinski definition) is 2. The maximum absolute atomic E-state index is 12.4. The fourth-order valence-corrected chi connectivity index (χ4v) is 1.79. The Morgan fingerprint density at radius 1 is 1.38 bits per heavy atom. The van der Waals surface area contributed by atoms with Crippen molar-refractivity contribution in [3.05, 3.63) is 23.8 Å². The predicted molar refractivity (Wildman–Crippen MR) is 74.6 cm³/mol.